The monoisotopic (exact) mass is 336 g/mol. The van der Waals surface area contributed by atoms with Crippen LogP contribution in [-0.4, -0.2) is 18.5 Å². The van der Waals surface area contributed by atoms with Crippen LogP contribution in [0.5, 0.6) is 0 Å². The summed E-state index contributed by atoms with van der Waals surface area (Å²) in [5.74, 6) is -0.375. The van der Waals surface area contributed by atoms with Gasteiger partial charge in [-0.2, -0.15) is 0 Å². The third-order valence-electron chi connectivity index (χ3n) is 5.41. The number of cyclic esters (lactones) is 2. The minimum Gasteiger partial charge on any atom is -0.472 e. The average Bonchev–Trinajstić information content (AvgIpc) is 3.35. The van der Waals surface area contributed by atoms with E-state index in [-0.39, 0.29) is 17.9 Å². The summed E-state index contributed by atoms with van der Waals surface area (Å²) in [4.78, 5) is 24.2. The van der Waals surface area contributed by atoms with E-state index >= 15 is 0 Å². The largest absolute Gasteiger partial charge is 0.472 e. The maximum Gasteiger partial charge on any atom is 0.339 e. The molecule has 5 heteroatoms. The number of aryl methyl sites for hydroxylation is 1. The first-order chi connectivity index (χ1) is 12.2. The fourth-order valence-corrected chi connectivity index (χ4v) is 4.20. The van der Waals surface area contributed by atoms with Crippen LogP contribution in [0.1, 0.15) is 45.1 Å². The highest BCUT2D eigenvalue weighted by Crippen LogP contribution is 2.43. The van der Waals surface area contributed by atoms with Gasteiger partial charge in [0, 0.05) is 16.7 Å². The van der Waals surface area contributed by atoms with Crippen molar-refractivity contribution in [3.05, 3.63) is 70.2 Å². The van der Waals surface area contributed by atoms with Gasteiger partial charge in [0.1, 0.15) is 6.61 Å². The highest BCUT2D eigenvalue weighted by molar-refractivity contribution is 5.95. The fourth-order valence-electron chi connectivity index (χ4n) is 4.20. The molecule has 0 amide bonds. The first-order valence-corrected chi connectivity index (χ1v) is 8.47. The molecule has 0 unspecified atom stereocenters. The van der Waals surface area contributed by atoms with Crippen LogP contribution in [0.25, 0.3) is 0 Å². The lowest BCUT2D eigenvalue weighted by molar-refractivity contribution is -0.136. The molecular weight excluding hydrogens is 320 g/mol. The summed E-state index contributed by atoms with van der Waals surface area (Å²) in [7, 11) is 0. The zero-order chi connectivity index (χ0) is 17.0. The Balaban J connectivity index is 1.60. The normalized spacial score (nSPS) is 24.4. The molecule has 1 aliphatic carbocycles. The molecule has 0 spiro atoms. The molecule has 1 aromatic carbocycles. The number of ether oxygens (including phenoxy) is 2. The van der Waals surface area contributed by atoms with Gasteiger partial charge < -0.3 is 13.9 Å². The van der Waals surface area contributed by atoms with Gasteiger partial charge in [0.2, 0.25) is 0 Å². The van der Waals surface area contributed by atoms with Gasteiger partial charge in [-0.15, -0.1) is 0 Å². The molecule has 2 aromatic rings. The second kappa shape index (κ2) is 5.34. The molecular formula is C20H16O5. The van der Waals surface area contributed by atoms with Crippen molar-refractivity contribution < 1.29 is 23.5 Å². The maximum atomic E-state index is 12.3. The summed E-state index contributed by atoms with van der Waals surface area (Å²) in [6, 6.07) is 5.70. The molecule has 0 fully saturated rings. The highest BCUT2D eigenvalue weighted by atomic mass is 16.6. The second-order valence-electron chi connectivity index (χ2n) is 6.70. The quantitative estimate of drug-likeness (QED) is 0.788. The lowest BCUT2D eigenvalue weighted by Gasteiger charge is -2.27. The molecule has 0 radical (unpaired) electrons. The van der Waals surface area contributed by atoms with Gasteiger partial charge in [-0.1, -0.05) is 6.07 Å². The van der Waals surface area contributed by atoms with Crippen LogP contribution in [0.4, 0.5) is 0 Å². The molecule has 25 heavy (non-hydrogen) atoms. The van der Waals surface area contributed by atoms with E-state index in [4.69, 9.17) is 13.9 Å². The maximum absolute atomic E-state index is 12.3. The molecule has 5 rings (SSSR count). The van der Waals surface area contributed by atoms with Crippen LogP contribution >= 0.6 is 0 Å². The van der Waals surface area contributed by atoms with Crippen molar-refractivity contribution in [2.45, 2.75) is 25.4 Å². The van der Waals surface area contributed by atoms with Gasteiger partial charge >= 0.3 is 11.9 Å². The highest BCUT2D eigenvalue weighted by Gasteiger charge is 2.39. The summed E-state index contributed by atoms with van der Waals surface area (Å²) in [5.41, 5.74) is 5.52. The Morgan fingerprint density at radius 3 is 2.76 bits per heavy atom. The summed E-state index contributed by atoms with van der Waals surface area (Å²) in [5, 5.41) is 0. The van der Waals surface area contributed by atoms with E-state index in [0.717, 1.165) is 41.5 Å². The van der Waals surface area contributed by atoms with Crippen LogP contribution in [0.3, 0.4) is 0 Å². The molecule has 0 N–H and O–H groups in total. The van der Waals surface area contributed by atoms with Gasteiger partial charge in [-0.3, -0.25) is 0 Å². The standard InChI is InChI=1S/C20H16O5/c21-19-14(6-8-24-19)12-2-1-11-3-4-15-17(16(11)9-12)18(25-20(15)22)13-5-7-23-10-13/h3-7,10,12,18H,1-2,8-9H2/t12-,18+/m1/s1. The zero-order valence-corrected chi connectivity index (χ0v) is 13.5. The minimum atomic E-state index is -0.431. The average molecular weight is 336 g/mol. The third kappa shape index (κ3) is 2.15. The predicted molar refractivity (Wildman–Crippen MR) is 87.0 cm³/mol. The Bertz CT molecular complexity index is 906. The van der Waals surface area contributed by atoms with Crippen molar-refractivity contribution in [3.8, 4) is 0 Å². The Hall–Kier alpha value is -2.82. The van der Waals surface area contributed by atoms with Crippen molar-refractivity contribution in [1.29, 1.82) is 0 Å². The lowest BCUT2D eigenvalue weighted by atomic mass is 9.76. The van der Waals surface area contributed by atoms with Gasteiger partial charge in [-0.05, 0) is 54.5 Å². The Labute approximate surface area is 144 Å². The molecule has 2 atom stereocenters. The fraction of sp³-hybridized carbons (Fsp3) is 0.300. The van der Waals surface area contributed by atoms with E-state index in [0.29, 0.717) is 12.2 Å². The van der Waals surface area contributed by atoms with Crippen LogP contribution in [0, 0.1) is 5.92 Å². The van der Waals surface area contributed by atoms with Crippen molar-refractivity contribution in [1.82, 2.24) is 0 Å². The zero-order valence-electron chi connectivity index (χ0n) is 13.5. The first-order valence-electron chi connectivity index (χ1n) is 8.47. The van der Waals surface area contributed by atoms with Crippen LogP contribution in [-0.2, 0) is 27.1 Å². The number of carbonyl (C=O) groups is 2. The molecule has 0 saturated carbocycles. The van der Waals surface area contributed by atoms with E-state index in [2.05, 4.69) is 0 Å². The summed E-state index contributed by atoms with van der Waals surface area (Å²) < 4.78 is 15.9. The molecule has 3 aliphatic rings. The molecule has 5 nitrogen and oxygen atoms in total. The number of furan rings is 1. The van der Waals surface area contributed by atoms with Crippen molar-refractivity contribution in [2.75, 3.05) is 6.61 Å². The van der Waals surface area contributed by atoms with Gasteiger partial charge in [0.05, 0.1) is 18.1 Å². The van der Waals surface area contributed by atoms with Gasteiger partial charge in [0.25, 0.3) is 0 Å². The number of carbonyl (C=O) groups excluding carboxylic acids is 2. The molecule has 0 saturated heterocycles. The molecule has 126 valence electrons. The Kier molecular flexibility index (Phi) is 3.10. The van der Waals surface area contributed by atoms with E-state index in [9.17, 15) is 9.59 Å². The van der Waals surface area contributed by atoms with Crippen molar-refractivity contribution in [2.24, 2.45) is 5.92 Å². The minimum absolute atomic E-state index is 0.134. The van der Waals surface area contributed by atoms with Crippen molar-refractivity contribution in [3.63, 3.8) is 0 Å². The SMILES string of the molecule is O=C1OCC=C1[C@@H]1CCc2ccc3c(c2C1)[C@H](c1ccoc1)OC3=O. The smallest absolute Gasteiger partial charge is 0.339 e. The van der Waals surface area contributed by atoms with E-state index < -0.39 is 6.10 Å². The number of esters is 2. The number of rotatable bonds is 2. The molecule has 2 aliphatic heterocycles. The number of fused-ring (bicyclic) bond motifs is 3. The van der Waals surface area contributed by atoms with E-state index in [1.165, 1.54) is 5.56 Å². The van der Waals surface area contributed by atoms with E-state index in [1.54, 1.807) is 12.5 Å². The van der Waals surface area contributed by atoms with Gasteiger partial charge in [0.15, 0.2) is 6.10 Å². The van der Waals surface area contributed by atoms with E-state index in [1.807, 2.05) is 24.3 Å². The third-order valence-corrected chi connectivity index (χ3v) is 5.41. The van der Waals surface area contributed by atoms with Crippen LogP contribution in [0.15, 0.2) is 46.8 Å². The second-order valence-corrected chi connectivity index (χ2v) is 6.70. The molecule has 3 heterocycles. The predicted octanol–water partition coefficient (Wildman–Crippen LogP) is 3.13. The topological polar surface area (TPSA) is 65.7 Å². The van der Waals surface area contributed by atoms with Crippen molar-refractivity contribution >= 4 is 11.9 Å². The molecule has 1 aromatic heterocycles. The lowest BCUT2D eigenvalue weighted by Crippen LogP contribution is -2.21. The van der Waals surface area contributed by atoms with Gasteiger partial charge in [-0.25, -0.2) is 9.59 Å². The summed E-state index contributed by atoms with van der Waals surface area (Å²) in [6.07, 6.45) is 7.17. The van der Waals surface area contributed by atoms with Crippen LogP contribution in [0.2, 0.25) is 0 Å². The number of benzene rings is 1. The summed E-state index contributed by atoms with van der Waals surface area (Å²) >= 11 is 0. The Morgan fingerprint density at radius 1 is 1.08 bits per heavy atom. The number of hydrogen-bond acceptors (Lipinski definition) is 5. The summed E-state index contributed by atoms with van der Waals surface area (Å²) in [6.45, 7) is 0.365. The Morgan fingerprint density at radius 2 is 2.00 bits per heavy atom. The number of hydrogen-bond donors (Lipinski definition) is 0. The van der Waals surface area contributed by atoms with Crippen LogP contribution < -0.4 is 0 Å². The first kappa shape index (κ1) is 14.5. The molecule has 0 bridgehead atoms.